The average molecular weight is 1080 g/mol. The third-order valence-electron chi connectivity index (χ3n) is 12.5. The number of benzene rings is 4. The molecule has 17 nitrogen and oxygen atoms in total. The lowest BCUT2D eigenvalue weighted by atomic mass is 9.82. The van der Waals surface area contributed by atoms with Crippen molar-refractivity contribution in [3.8, 4) is 0 Å². The van der Waals surface area contributed by atoms with Crippen molar-refractivity contribution in [3.05, 3.63) is 101 Å². The number of likely N-dealkylation sites (tertiary alicyclic amines) is 2. The lowest BCUT2D eigenvalue weighted by molar-refractivity contribution is -0.205. The topological polar surface area (TPSA) is 248 Å². The first kappa shape index (κ1) is 51.8. The summed E-state index contributed by atoms with van der Waals surface area (Å²) >= 11 is 2.15. The Morgan fingerprint density at radius 3 is 2.20 bits per heavy atom. The van der Waals surface area contributed by atoms with Crippen molar-refractivity contribution in [2.75, 3.05) is 52.9 Å². The first-order valence-electron chi connectivity index (χ1n) is 22.0. The summed E-state index contributed by atoms with van der Waals surface area (Å²) < 4.78 is 151. The van der Waals surface area contributed by atoms with Crippen molar-refractivity contribution in [2.24, 2.45) is 0 Å². The van der Waals surface area contributed by atoms with Gasteiger partial charge in [-0.1, -0.05) is 24.3 Å². The number of anilines is 3. The zero-order chi connectivity index (χ0) is 51.3. The second-order valence-corrected chi connectivity index (χ2v) is 25.3. The fraction of sp³-hybridized carbons (Fsp3) is 0.378. The number of ether oxygens (including phenoxy) is 1. The molecular weight excluding hydrogens is 1030 g/mol. The van der Waals surface area contributed by atoms with Crippen LogP contribution >= 0.6 is 22.7 Å². The second kappa shape index (κ2) is 19.5. The van der Waals surface area contributed by atoms with Gasteiger partial charge in [0.2, 0.25) is 5.92 Å². The van der Waals surface area contributed by atoms with E-state index in [0.29, 0.717) is 17.1 Å². The first-order valence-corrected chi connectivity index (χ1v) is 28.5. The maximum Gasteiger partial charge on any atom is 0.264 e. The molecule has 2 atom stereocenters. The third-order valence-corrected chi connectivity index (χ3v) is 18.8. The van der Waals surface area contributed by atoms with Gasteiger partial charge in [0.25, 0.3) is 31.9 Å². The highest BCUT2D eigenvalue weighted by Crippen LogP contribution is 2.40. The molecule has 71 heavy (non-hydrogen) atoms. The molecule has 380 valence electrons. The van der Waals surface area contributed by atoms with Crippen molar-refractivity contribution in [1.82, 2.24) is 19.8 Å². The lowest BCUT2D eigenvalue weighted by Crippen LogP contribution is -2.62. The zero-order valence-electron chi connectivity index (χ0n) is 37.9. The van der Waals surface area contributed by atoms with E-state index in [1.807, 2.05) is 0 Å². The predicted octanol–water partition coefficient (Wildman–Crippen LogP) is 6.88. The molecule has 2 aromatic heterocycles. The fourth-order valence-corrected chi connectivity index (χ4v) is 14.1. The van der Waals surface area contributed by atoms with Crippen LogP contribution in [0.15, 0.2) is 88.1 Å². The number of nitrogen functional groups attached to an aromatic ring is 1. The Morgan fingerprint density at radius 2 is 1.52 bits per heavy atom. The molecule has 5 N–H and O–H groups in total. The van der Waals surface area contributed by atoms with Gasteiger partial charge in [0.1, 0.15) is 38.6 Å². The lowest BCUT2D eigenvalue weighted by Gasteiger charge is -2.50. The van der Waals surface area contributed by atoms with Gasteiger partial charge in [-0.15, -0.1) is 11.3 Å². The number of halogens is 4. The molecule has 4 aromatic carbocycles. The van der Waals surface area contributed by atoms with Crippen LogP contribution < -0.4 is 15.2 Å². The number of hydrogen-bond donors (Lipinski definition) is 4. The van der Waals surface area contributed by atoms with Crippen molar-refractivity contribution >= 4 is 101 Å². The number of nitrogens with one attached hydrogen (secondary N) is 2. The van der Waals surface area contributed by atoms with E-state index in [-0.39, 0.29) is 81.8 Å². The minimum absolute atomic E-state index is 0.0177. The summed E-state index contributed by atoms with van der Waals surface area (Å²) in [4.78, 5) is 38.0. The van der Waals surface area contributed by atoms with Crippen LogP contribution in [0.4, 0.5) is 34.1 Å². The number of sulfone groups is 1. The molecule has 2 aliphatic rings. The van der Waals surface area contributed by atoms with E-state index in [4.69, 9.17) is 10.5 Å². The third kappa shape index (κ3) is 11.4. The van der Waals surface area contributed by atoms with E-state index in [1.165, 1.54) is 59.0 Å². The van der Waals surface area contributed by atoms with Gasteiger partial charge in [0, 0.05) is 43.1 Å². The maximum absolute atomic E-state index is 15.9. The Morgan fingerprint density at radius 1 is 0.859 bits per heavy atom. The predicted molar refractivity (Wildman–Crippen MR) is 260 cm³/mol. The standard InChI is InChI=1S/C45H47F4N7O10S5/c1-3-69(60,61)25-44(15-18-55(19-16-44)40(57)27-7-9-29(10-8-27)53-70(62,63)35-6-4-5-33-38(35)51-26-67-33)66-37-24-56(20-17-45(37,59)14-13-43(2,48)49)41(58)31-12-11-30(23-32(31)47)54-71(64,65)36-22-28(46)21-34-39(36)52-42(50)68-34/h4-12,21-23,26,37,53-54,59H,3,13-20,24-25H2,1-2H3,(H2,50,52). The minimum Gasteiger partial charge on any atom is -0.387 e. The fourth-order valence-electron chi connectivity index (χ4n) is 8.69. The Labute approximate surface area is 414 Å². The molecule has 0 radical (unpaired) electrons. The van der Waals surface area contributed by atoms with Crippen LogP contribution in [0.2, 0.25) is 0 Å². The number of aliphatic hydroxyl groups is 1. The van der Waals surface area contributed by atoms with Crippen LogP contribution in [-0.2, 0) is 34.6 Å². The molecule has 0 spiro atoms. The highest BCUT2D eigenvalue weighted by molar-refractivity contribution is 7.93. The Balaban J connectivity index is 0.991. The Bertz CT molecular complexity index is 3370. The SMILES string of the molecule is CCS(=O)(=O)CC1(OC2CN(C(=O)c3ccc(NS(=O)(=O)c4cc(F)cc5sc(N)nc45)cc3F)CCC2(O)CCC(C)(F)F)CCN(C(=O)c2ccc(NS(=O)(=O)c3cccc4scnc34)cc2)CC1. The van der Waals surface area contributed by atoms with Gasteiger partial charge in [-0.2, -0.15) is 0 Å². The molecule has 0 saturated carbocycles. The number of sulfonamides is 2. The zero-order valence-corrected chi connectivity index (χ0v) is 42.0. The Hall–Kier alpha value is -5.51. The smallest absolute Gasteiger partial charge is 0.264 e. The molecule has 2 fully saturated rings. The number of carbonyl (C=O) groups excluding carboxylic acids is 2. The number of nitrogens with two attached hydrogens (primary N) is 1. The summed E-state index contributed by atoms with van der Waals surface area (Å²) in [6.45, 7) is 1.20. The summed E-state index contributed by atoms with van der Waals surface area (Å²) in [5.41, 5.74) is 3.32. The average Bonchev–Trinajstić information content (AvgIpc) is 3.94. The molecule has 0 bridgehead atoms. The van der Waals surface area contributed by atoms with Gasteiger partial charge >= 0.3 is 0 Å². The van der Waals surface area contributed by atoms with Gasteiger partial charge in [-0.05, 0) is 99.3 Å². The number of amides is 2. The van der Waals surface area contributed by atoms with Crippen LogP contribution in [0, 0.1) is 11.6 Å². The summed E-state index contributed by atoms with van der Waals surface area (Å²) in [7, 11) is -12.5. The van der Waals surface area contributed by atoms with Gasteiger partial charge in [0.05, 0.1) is 49.7 Å². The number of nitrogens with zero attached hydrogens (tertiary/aromatic N) is 4. The molecule has 2 unspecified atom stereocenters. The summed E-state index contributed by atoms with van der Waals surface area (Å²) in [5.74, 6) is -7.61. The van der Waals surface area contributed by atoms with Crippen molar-refractivity contribution in [3.63, 3.8) is 0 Å². The maximum atomic E-state index is 15.9. The number of thiazole rings is 2. The van der Waals surface area contributed by atoms with E-state index in [2.05, 4.69) is 19.4 Å². The Kier molecular flexibility index (Phi) is 14.2. The first-order chi connectivity index (χ1) is 33.3. The van der Waals surface area contributed by atoms with E-state index in [9.17, 15) is 53.1 Å². The van der Waals surface area contributed by atoms with Crippen LogP contribution in [0.1, 0.15) is 66.7 Å². The minimum atomic E-state index is -4.58. The molecule has 8 rings (SSSR count). The van der Waals surface area contributed by atoms with Crippen LogP contribution in [0.25, 0.3) is 20.4 Å². The number of para-hydroxylation sites is 1. The number of hydrogen-bond acceptors (Lipinski definition) is 15. The number of piperidine rings is 2. The van der Waals surface area contributed by atoms with Crippen LogP contribution in [0.3, 0.4) is 0 Å². The van der Waals surface area contributed by atoms with Gasteiger partial charge in [-0.3, -0.25) is 19.0 Å². The van der Waals surface area contributed by atoms with Gasteiger partial charge in [-0.25, -0.2) is 52.8 Å². The molecular formula is C45H47F4N7O10S5. The molecule has 2 aliphatic heterocycles. The monoisotopic (exact) mass is 1080 g/mol. The van der Waals surface area contributed by atoms with Crippen molar-refractivity contribution in [2.45, 2.75) is 79.0 Å². The van der Waals surface area contributed by atoms with E-state index in [1.54, 1.807) is 12.1 Å². The van der Waals surface area contributed by atoms with Crippen molar-refractivity contribution in [1.29, 1.82) is 0 Å². The molecule has 26 heteroatoms. The van der Waals surface area contributed by atoms with Crippen LogP contribution in [0.5, 0.6) is 0 Å². The summed E-state index contributed by atoms with van der Waals surface area (Å²) in [6, 6.07) is 15.1. The summed E-state index contributed by atoms with van der Waals surface area (Å²) in [6.07, 6.45) is -3.36. The number of aromatic nitrogens is 2. The highest BCUT2D eigenvalue weighted by Gasteiger charge is 2.51. The second-order valence-electron chi connectivity index (χ2n) is 17.7. The molecule has 0 aliphatic carbocycles. The van der Waals surface area contributed by atoms with Crippen molar-refractivity contribution < 1.29 is 62.2 Å². The van der Waals surface area contributed by atoms with Gasteiger partial charge in [0.15, 0.2) is 15.0 Å². The van der Waals surface area contributed by atoms with Crippen LogP contribution in [-0.4, -0.2) is 123 Å². The highest BCUT2D eigenvalue weighted by atomic mass is 32.2. The number of alkyl halides is 2. The number of rotatable bonds is 16. The molecule has 2 saturated heterocycles. The molecule has 6 aromatic rings. The normalized spacial score (nSPS) is 19.0. The molecule has 4 heterocycles. The number of fused-ring (bicyclic) bond motifs is 2. The van der Waals surface area contributed by atoms with E-state index >= 15 is 4.39 Å². The summed E-state index contributed by atoms with van der Waals surface area (Å²) in [5, 5.41) is 12.1. The number of carbonyl (C=O) groups is 2. The molecule has 2 amide bonds. The van der Waals surface area contributed by atoms with Gasteiger partial charge < -0.3 is 25.4 Å². The van der Waals surface area contributed by atoms with E-state index < -0.39 is 112 Å². The van der Waals surface area contributed by atoms with E-state index in [0.717, 1.165) is 46.6 Å². The quantitative estimate of drug-likeness (QED) is 0.0723. The largest absolute Gasteiger partial charge is 0.387 e.